The Kier molecular flexibility index (Phi) is 7.21. The summed E-state index contributed by atoms with van der Waals surface area (Å²) in [5.41, 5.74) is -0.319. The zero-order valence-corrected chi connectivity index (χ0v) is 25.2. The van der Waals surface area contributed by atoms with E-state index in [1.54, 1.807) is 36.1 Å². The van der Waals surface area contributed by atoms with Gasteiger partial charge in [0.2, 0.25) is 5.03 Å². The molecule has 46 heavy (non-hydrogen) atoms. The predicted octanol–water partition coefficient (Wildman–Crippen LogP) is 4.00. The Morgan fingerprint density at radius 2 is 1.89 bits per heavy atom. The summed E-state index contributed by atoms with van der Waals surface area (Å²) in [5.74, 6) is -1.06. The molecule has 240 valence electrons. The standard InChI is InChI=1S/C30H27F4N7O4S/c1-39-15-27(37-38-39)46(43,44)41(24-16-45-17-24)23-5-2-19-11-26-18(14-36-40(26)22-6-3-21(31)4-7-22)12-29(19,13-23)28(42)25-10-20(8-9-35-25)30(32,33)34/h3-4,6-11,14-15,23-24H,2,5,12-13,16-17H2,1H3/t23-,29-/m0/s1. The average molecular weight is 658 g/mol. The topological polar surface area (TPSA) is 125 Å². The molecule has 3 aliphatic rings. The number of nitrogens with zero attached hydrogens (tertiary/aromatic N) is 7. The molecule has 1 saturated carbocycles. The van der Waals surface area contributed by atoms with Gasteiger partial charge in [-0.15, -0.1) is 5.10 Å². The molecular formula is C30H27F4N7O4S. The summed E-state index contributed by atoms with van der Waals surface area (Å²) in [6.45, 7) is 0.285. The minimum atomic E-state index is -4.70. The molecule has 3 aromatic heterocycles. The fraction of sp³-hybridized carbons (Fsp3) is 0.367. The van der Waals surface area contributed by atoms with Crippen molar-refractivity contribution in [2.24, 2.45) is 12.5 Å². The minimum absolute atomic E-state index is 0.0211. The van der Waals surface area contributed by atoms with Crippen molar-refractivity contribution < 1.29 is 35.5 Å². The van der Waals surface area contributed by atoms with E-state index in [-0.39, 0.29) is 43.2 Å². The van der Waals surface area contributed by atoms with Crippen molar-refractivity contribution in [1.82, 2.24) is 34.1 Å². The number of carbonyl (C=O) groups excluding carboxylic acids is 1. The summed E-state index contributed by atoms with van der Waals surface area (Å²) < 4.78 is 92.3. The first-order valence-electron chi connectivity index (χ1n) is 14.5. The third-order valence-corrected chi connectivity index (χ3v) is 10.8. The zero-order valence-electron chi connectivity index (χ0n) is 24.4. The number of Topliss-reactive ketones (excluding diaryl/α,β-unsaturated/α-hetero) is 1. The average Bonchev–Trinajstić information content (AvgIpc) is 3.63. The number of ether oxygens (including phenoxy) is 1. The monoisotopic (exact) mass is 657 g/mol. The van der Waals surface area contributed by atoms with Crippen molar-refractivity contribution in [3.05, 3.63) is 88.9 Å². The number of sulfonamides is 1. The Bertz CT molecular complexity index is 1970. The lowest BCUT2D eigenvalue weighted by Crippen LogP contribution is -2.59. The van der Waals surface area contributed by atoms with Gasteiger partial charge in [0, 0.05) is 19.3 Å². The summed E-state index contributed by atoms with van der Waals surface area (Å²) in [4.78, 5) is 18.6. The number of pyridine rings is 1. The van der Waals surface area contributed by atoms with Gasteiger partial charge in [-0.25, -0.2) is 17.5 Å². The Morgan fingerprint density at radius 3 is 2.54 bits per heavy atom. The van der Waals surface area contributed by atoms with Crippen molar-refractivity contribution in [3.63, 3.8) is 0 Å². The molecule has 0 spiro atoms. The molecule has 16 heteroatoms. The normalized spacial score (nSPS) is 21.8. The molecule has 4 aromatic rings. The summed E-state index contributed by atoms with van der Waals surface area (Å²) in [5, 5.41) is 11.8. The van der Waals surface area contributed by atoms with Crippen molar-refractivity contribution in [2.45, 2.75) is 49.0 Å². The number of halogens is 4. The molecule has 11 nitrogen and oxygen atoms in total. The first-order chi connectivity index (χ1) is 21.9. The van der Waals surface area contributed by atoms with Crippen LogP contribution in [-0.4, -0.2) is 73.6 Å². The van der Waals surface area contributed by atoms with Crippen molar-refractivity contribution in [3.8, 4) is 5.69 Å². The van der Waals surface area contributed by atoms with Crippen LogP contribution < -0.4 is 0 Å². The second-order valence-corrected chi connectivity index (χ2v) is 13.6. The molecule has 1 aromatic carbocycles. The number of carbonyl (C=O) groups is 1. The molecule has 2 fully saturated rings. The van der Waals surface area contributed by atoms with Crippen LogP contribution in [0.15, 0.2) is 65.6 Å². The number of hydrogen-bond donors (Lipinski definition) is 0. The number of fused-ring (bicyclic) bond motifs is 2. The molecule has 0 radical (unpaired) electrons. The van der Waals surface area contributed by atoms with Crippen LogP contribution in [0.4, 0.5) is 17.6 Å². The van der Waals surface area contributed by atoms with E-state index < -0.39 is 50.9 Å². The largest absolute Gasteiger partial charge is 0.416 e. The van der Waals surface area contributed by atoms with Gasteiger partial charge in [-0.3, -0.25) is 14.5 Å². The van der Waals surface area contributed by atoms with Gasteiger partial charge in [0.05, 0.1) is 54.0 Å². The predicted molar refractivity (Wildman–Crippen MR) is 153 cm³/mol. The zero-order chi connectivity index (χ0) is 32.4. The van der Waals surface area contributed by atoms with Gasteiger partial charge in [0.1, 0.15) is 11.5 Å². The number of hydrogen-bond acceptors (Lipinski definition) is 8. The SMILES string of the molecule is Cn1cc(S(=O)(=O)N(C2COC2)[C@H]2CCC3=Cc4c(cnn4-c4ccc(F)cc4)C[C@]3(C(=O)c3cc(C(F)(F)F)ccn3)C2)nn1. The first-order valence-corrected chi connectivity index (χ1v) is 15.9. The Hall–Kier alpha value is -4.28. The number of aromatic nitrogens is 6. The highest BCUT2D eigenvalue weighted by Crippen LogP contribution is 2.52. The highest BCUT2D eigenvalue weighted by molar-refractivity contribution is 7.89. The molecule has 0 N–H and O–H groups in total. The van der Waals surface area contributed by atoms with Gasteiger partial charge < -0.3 is 4.74 Å². The van der Waals surface area contributed by atoms with E-state index in [9.17, 15) is 30.8 Å². The molecule has 1 saturated heterocycles. The molecule has 0 bridgehead atoms. The number of benzene rings is 1. The fourth-order valence-electron chi connectivity index (χ4n) is 6.68. The third-order valence-electron chi connectivity index (χ3n) is 8.92. The minimum Gasteiger partial charge on any atom is -0.378 e. The first kappa shape index (κ1) is 30.4. The molecule has 0 amide bonds. The van der Waals surface area contributed by atoms with Crippen LogP contribution in [0.3, 0.4) is 0 Å². The third kappa shape index (κ3) is 5.04. The van der Waals surface area contributed by atoms with Crippen LogP contribution in [-0.2, 0) is 34.4 Å². The van der Waals surface area contributed by atoms with Crippen LogP contribution in [0.5, 0.6) is 0 Å². The van der Waals surface area contributed by atoms with E-state index in [0.717, 1.165) is 18.3 Å². The van der Waals surface area contributed by atoms with E-state index in [0.29, 0.717) is 28.9 Å². The molecule has 2 aliphatic carbocycles. The lowest BCUT2D eigenvalue weighted by molar-refractivity contribution is -0.137. The van der Waals surface area contributed by atoms with Gasteiger partial charge in [0.25, 0.3) is 10.0 Å². The van der Waals surface area contributed by atoms with E-state index in [2.05, 4.69) is 20.4 Å². The molecule has 2 atom stereocenters. The van der Waals surface area contributed by atoms with Crippen LogP contribution in [0, 0.1) is 11.2 Å². The number of aryl methyl sites for hydroxylation is 1. The van der Waals surface area contributed by atoms with Crippen LogP contribution >= 0.6 is 0 Å². The lowest BCUT2D eigenvalue weighted by atomic mass is 9.60. The summed E-state index contributed by atoms with van der Waals surface area (Å²) in [7, 11) is -2.66. The number of alkyl halides is 3. The van der Waals surface area contributed by atoms with Crippen molar-refractivity contribution in [1.29, 1.82) is 0 Å². The van der Waals surface area contributed by atoms with Gasteiger partial charge in [-0.1, -0.05) is 10.8 Å². The van der Waals surface area contributed by atoms with Crippen LogP contribution in [0.2, 0.25) is 0 Å². The smallest absolute Gasteiger partial charge is 0.378 e. The molecule has 1 aliphatic heterocycles. The summed E-state index contributed by atoms with van der Waals surface area (Å²) >= 11 is 0. The van der Waals surface area contributed by atoms with Crippen LogP contribution in [0.25, 0.3) is 11.8 Å². The highest BCUT2D eigenvalue weighted by atomic mass is 32.2. The number of ketones is 1. The Labute approximate surface area is 260 Å². The van der Waals surface area contributed by atoms with Gasteiger partial charge in [-0.05, 0) is 73.7 Å². The fourth-order valence-corrected chi connectivity index (χ4v) is 8.41. The molecule has 4 heterocycles. The number of allylic oxidation sites excluding steroid dienone is 1. The molecule has 7 rings (SSSR count). The highest BCUT2D eigenvalue weighted by Gasteiger charge is 2.54. The van der Waals surface area contributed by atoms with E-state index in [1.807, 2.05) is 0 Å². The Balaban J connectivity index is 1.34. The maximum absolute atomic E-state index is 14.5. The molecule has 0 unspecified atom stereocenters. The van der Waals surface area contributed by atoms with Gasteiger partial charge in [-0.2, -0.15) is 22.6 Å². The summed E-state index contributed by atoms with van der Waals surface area (Å²) in [6.07, 6.45) is 1.52. The quantitative estimate of drug-likeness (QED) is 0.216. The number of rotatable bonds is 7. The van der Waals surface area contributed by atoms with Crippen molar-refractivity contribution >= 4 is 21.9 Å². The van der Waals surface area contributed by atoms with Gasteiger partial charge >= 0.3 is 6.18 Å². The van der Waals surface area contributed by atoms with Crippen molar-refractivity contribution in [2.75, 3.05) is 13.2 Å². The maximum atomic E-state index is 14.5. The van der Waals surface area contributed by atoms with Gasteiger partial charge in [0.15, 0.2) is 5.78 Å². The summed E-state index contributed by atoms with van der Waals surface area (Å²) in [6, 6.07) is 6.02. The Morgan fingerprint density at radius 1 is 1.13 bits per heavy atom. The van der Waals surface area contributed by atoms with E-state index in [1.165, 1.54) is 27.3 Å². The lowest BCUT2D eigenvalue weighted by Gasteiger charge is -2.49. The second-order valence-electron chi connectivity index (χ2n) is 11.8. The molecular weight excluding hydrogens is 630 g/mol. The van der Waals surface area contributed by atoms with E-state index >= 15 is 0 Å². The maximum Gasteiger partial charge on any atom is 0.416 e. The second kappa shape index (κ2) is 10.9. The van der Waals surface area contributed by atoms with E-state index in [4.69, 9.17) is 4.74 Å². The van der Waals surface area contributed by atoms with Crippen LogP contribution in [0.1, 0.15) is 46.6 Å².